The van der Waals surface area contributed by atoms with Crippen molar-refractivity contribution in [3.63, 3.8) is 0 Å². The first-order valence-corrected chi connectivity index (χ1v) is 11.2. The smallest absolute Gasteiger partial charge is 0.310 e. The van der Waals surface area contributed by atoms with Crippen LogP contribution >= 0.6 is 11.8 Å². The van der Waals surface area contributed by atoms with Crippen molar-refractivity contribution in [1.29, 1.82) is 0 Å². The highest BCUT2D eigenvalue weighted by Crippen LogP contribution is 2.35. The molecule has 1 aromatic heterocycles. The fourth-order valence-corrected chi connectivity index (χ4v) is 4.96. The molecule has 2 heterocycles. The van der Waals surface area contributed by atoms with E-state index in [1.54, 1.807) is 11.8 Å². The van der Waals surface area contributed by atoms with Crippen LogP contribution in [0.5, 0.6) is 0 Å². The molecule has 1 N–H and O–H groups in total. The quantitative estimate of drug-likeness (QED) is 0.587. The summed E-state index contributed by atoms with van der Waals surface area (Å²) in [6, 6.07) is 18.2. The first-order valence-electron chi connectivity index (χ1n) is 10.4. The van der Waals surface area contributed by atoms with Crippen molar-refractivity contribution in [2.75, 3.05) is 19.7 Å². The summed E-state index contributed by atoms with van der Waals surface area (Å²) < 4.78 is 5.17. The summed E-state index contributed by atoms with van der Waals surface area (Å²) in [7, 11) is 0. The van der Waals surface area contributed by atoms with E-state index in [0.29, 0.717) is 26.1 Å². The Bertz CT molecular complexity index is 1030. The van der Waals surface area contributed by atoms with Crippen LogP contribution in [-0.4, -0.2) is 41.5 Å². The number of rotatable bonds is 6. The number of benzene rings is 2. The van der Waals surface area contributed by atoms with Gasteiger partial charge in [0.25, 0.3) is 0 Å². The first-order chi connectivity index (χ1) is 14.7. The molecule has 0 bridgehead atoms. The van der Waals surface area contributed by atoms with Crippen LogP contribution in [0, 0.1) is 5.92 Å². The maximum atomic E-state index is 13.2. The number of carbonyl (C=O) groups is 2. The molecule has 1 saturated heterocycles. The van der Waals surface area contributed by atoms with Gasteiger partial charge in [-0.05, 0) is 38.0 Å². The van der Waals surface area contributed by atoms with Crippen LogP contribution < -0.4 is 0 Å². The van der Waals surface area contributed by atoms with Crippen LogP contribution in [0.15, 0.2) is 64.5 Å². The number of carbonyl (C=O) groups excluding carboxylic acids is 2. The van der Waals surface area contributed by atoms with Gasteiger partial charge in [0, 0.05) is 34.5 Å². The topological polar surface area (TPSA) is 62.4 Å². The second-order valence-corrected chi connectivity index (χ2v) is 8.58. The van der Waals surface area contributed by atoms with E-state index >= 15 is 0 Å². The highest BCUT2D eigenvalue weighted by Gasteiger charge is 2.30. The molecule has 1 atom stereocenters. The molecule has 1 aliphatic rings. The third kappa shape index (κ3) is 4.54. The normalized spacial score (nSPS) is 16.6. The Morgan fingerprint density at radius 1 is 1.13 bits per heavy atom. The molecule has 1 fully saturated rings. The van der Waals surface area contributed by atoms with Crippen molar-refractivity contribution in [2.24, 2.45) is 5.92 Å². The Balaban J connectivity index is 1.56. The predicted molar refractivity (Wildman–Crippen MR) is 119 cm³/mol. The predicted octanol–water partition coefficient (Wildman–Crippen LogP) is 4.66. The number of piperidine rings is 1. The summed E-state index contributed by atoms with van der Waals surface area (Å²) >= 11 is 1.64. The molecule has 0 aliphatic carbocycles. The van der Waals surface area contributed by atoms with Crippen LogP contribution in [0.25, 0.3) is 10.9 Å². The van der Waals surface area contributed by atoms with Crippen LogP contribution in [0.1, 0.15) is 25.3 Å². The van der Waals surface area contributed by atoms with Crippen molar-refractivity contribution in [2.45, 2.75) is 36.1 Å². The van der Waals surface area contributed by atoms with Gasteiger partial charge in [-0.15, -0.1) is 0 Å². The van der Waals surface area contributed by atoms with Crippen molar-refractivity contribution in [3.8, 4) is 0 Å². The van der Waals surface area contributed by atoms with Gasteiger partial charge in [-0.1, -0.05) is 48.2 Å². The number of nitrogens with one attached hydrogen (secondary N) is 1. The maximum absolute atomic E-state index is 13.2. The number of fused-ring (bicyclic) bond motifs is 1. The number of amides is 1. The zero-order chi connectivity index (χ0) is 20.9. The Labute approximate surface area is 180 Å². The SMILES string of the molecule is CCOC(=O)[C@H]1CCCN(C(=O)Cc2c(Sc3ccccc3)[nH]c3ccccc23)C1. The van der Waals surface area contributed by atoms with Crippen LogP contribution in [0.3, 0.4) is 0 Å². The Morgan fingerprint density at radius 2 is 1.90 bits per heavy atom. The minimum absolute atomic E-state index is 0.0589. The maximum Gasteiger partial charge on any atom is 0.310 e. The number of H-pyrrole nitrogens is 1. The van der Waals surface area contributed by atoms with E-state index in [1.807, 2.05) is 48.2 Å². The number of ether oxygens (including phenoxy) is 1. The number of nitrogens with zero attached hydrogens (tertiary/aromatic N) is 1. The summed E-state index contributed by atoms with van der Waals surface area (Å²) in [6.07, 6.45) is 1.92. The molecule has 5 nitrogen and oxygen atoms in total. The number of hydrogen-bond donors (Lipinski definition) is 1. The van der Waals surface area contributed by atoms with E-state index in [0.717, 1.165) is 39.2 Å². The molecule has 3 aromatic rings. The van der Waals surface area contributed by atoms with E-state index in [1.165, 1.54) is 0 Å². The van der Waals surface area contributed by atoms with E-state index < -0.39 is 0 Å². The van der Waals surface area contributed by atoms with Gasteiger partial charge >= 0.3 is 5.97 Å². The Morgan fingerprint density at radius 3 is 2.70 bits per heavy atom. The molecule has 2 aromatic carbocycles. The second-order valence-electron chi connectivity index (χ2n) is 7.50. The molecular weight excluding hydrogens is 396 g/mol. The summed E-state index contributed by atoms with van der Waals surface area (Å²) in [5.74, 6) is -0.352. The Kier molecular flexibility index (Phi) is 6.43. The molecule has 1 aliphatic heterocycles. The van der Waals surface area contributed by atoms with Gasteiger partial charge in [0.2, 0.25) is 5.91 Å². The number of esters is 1. The number of hydrogen-bond acceptors (Lipinski definition) is 4. The van der Waals surface area contributed by atoms with Crippen molar-refractivity contribution in [1.82, 2.24) is 9.88 Å². The summed E-state index contributed by atoms with van der Waals surface area (Å²) in [5, 5.41) is 2.07. The number of likely N-dealkylation sites (tertiary alicyclic amines) is 1. The molecule has 6 heteroatoms. The Hall–Kier alpha value is -2.73. The van der Waals surface area contributed by atoms with Gasteiger partial charge in [-0.3, -0.25) is 9.59 Å². The minimum Gasteiger partial charge on any atom is -0.466 e. The van der Waals surface area contributed by atoms with Crippen molar-refractivity contribution >= 4 is 34.5 Å². The molecule has 0 spiro atoms. The number of para-hydroxylation sites is 1. The lowest BCUT2D eigenvalue weighted by Gasteiger charge is -2.31. The van der Waals surface area contributed by atoms with Crippen molar-refractivity contribution in [3.05, 3.63) is 60.2 Å². The highest BCUT2D eigenvalue weighted by molar-refractivity contribution is 7.99. The van der Waals surface area contributed by atoms with Crippen LogP contribution in [-0.2, 0) is 20.7 Å². The van der Waals surface area contributed by atoms with Gasteiger partial charge in [0.1, 0.15) is 0 Å². The fourth-order valence-electron chi connectivity index (χ4n) is 3.96. The lowest BCUT2D eigenvalue weighted by molar-refractivity contribution is -0.151. The van der Waals surface area contributed by atoms with Crippen molar-refractivity contribution < 1.29 is 14.3 Å². The molecule has 30 heavy (non-hydrogen) atoms. The van der Waals surface area contributed by atoms with Crippen LogP contribution in [0.4, 0.5) is 0 Å². The number of aromatic amines is 1. The van der Waals surface area contributed by atoms with Gasteiger partial charge in [-0.25, -0.2) is 0 Å². The van der Waals surface area contributed by atoms with Crippen LogP contribution in [0.2, 0.25) is 0 Å². The van der Waals surface area contributed by atoms with Gasteiger partial charge < -0.3 is 14.6 Å². The third-order valence-corrected chi connectivity index (χ3v) is 6.52. The van der Waals surface area contributed by atoms with E-state index in [2.05, 4.69) is 23.2 Å². The molecule has 0 saturated carbocycles. The average Bonchev–Trinajstić information content (AvgIpc) is 3.11. The first kappa shape index (κ1) is 20.5. The fraction of sp³-hybridized carbons (Fsp3) is 0.333. The highest BCUT2D eigenvalue weighted by atomic mass is 32.2. The lowest BCUT2D eigenvalue weighted by Crippen LogP contribution is -2.43. The molecular formula is C24H26N2O3S. The van der Waals surface area contributed by atoms with Gasteiger partial charge in [-0.2, -0.15) is 0 Å². The molecule has 1 amide bonds. The molecule has 4 rings (SSSR count). The third-order valence-electron chi connectivity index (χ3n) is 5.46. The van der Waals surface area contributed by atoms with Gasteiger partial charge in [0.05, 0.1) is 24.0 Å². The zero-order valence-electron chi connectivity index (χ0n) is 17.1. The monoisotopic (exact) mass is 422 g/mol. The van der Waals surface area contributed by atoms with E-state index in [9.17, 15) is 9.59 Å². The largest absolute Gasteiger partial charge is 0.466 e. The standard InChI is InChI=1S/C24H26N2O3S/c1-2-29-24(28)17-9-8-14-26(16-17)22(27)15-20-19-12-6-7-13-21(19)25-23(20)30-18-10-4-3-5-11-18/h3-7,10-13,17,25H,2,8-9,14-16H2,1H3/t17-/m0/s1. The van der Waals surface area contributed by atoms with E-state index in [-0.39, 0.29) is 17.8 Å². The molecule has 156 valence electrons. The summed E-state index contributed by atoms with van der Waals surface area (Å²) in [5.41, 5.74) is 2.05. The zero-order valence-corrected chi connectivity index (χ0v) is 17.9. The second kappa shape index (κ2) is 9.39. The molecule has 0 radical (unpaired) electrons. The minimum atomic E-state index is -0.219. The van der Waals surface area contributed by atoms with E-state index in [4.69, 9.17) is 4.74 Å². The summed E-state index contributed by atoms with van der Waals surface area (Å²) in [4.78, 5) is 31.8. The lowest BCUT2D eigenvalue weighted by atomic mass is 9.97. The molecule has 0 unspecified atom stereocenters. The number of aromatic nitrogens is 1. The summed E-state index contributed by atoms with van der Waals surface area (Å²) in [6.45, 7) is 3.32. The van der Waals surface area contributed by atoms with Gasteiger partial charge in [0.15, 0.2) is 0 Å². The average molecular weight is 423 g/mol.